The van der Waals surface area contributed by atoms with E-state index < -0.39 is 11.6 Å². The summed E-state index contributed by atoms with van der Waals surface area (Å²) in [4.78, 5) is 0. The Morgan fingerprint density at radius 1 is 1.28 bits per heavy atom. The summed E-state index contributed by atoms with van der Waals surface area (Å²) in [6.45, 7) is 7.49. The van der Waals surface area contributed by atoms with Crippen LogP contribution in [0.25, 0.3) is 0 Å². The van der Waals surface area contributed by atoms with E-state index in [-0.39, 0.29) is 11.0 Å². The van der Waals surface area contributed by atoms with E-state index in [9.17, 15) is 8.78 Å². The third-order valence-electron chi connectivity index (χ3n) is 4.19. The van der Waals surface area contributed by atoms with Crippen molar-refractivity contribution >= 4 is 0 Å². The van der Waals surface area contributed by atoms with Crippen LogP contribution >= 0.6 is 0 Å². The second-order valence-corrected chi connectivity index (χ2v) is 6.27. The van der Waals surface area contributed by atoms with Crippen LogP contribution < -0.4 is 5.32 Å². The molecule has 0 spiro atoms. The second kappa shape index (κ2) is 4.61. The molecule has 1 aromatic carbocycles. The Labute approximate surface area is 108 Å². The van der Waals surface area contributed by atoms with Crippen molar-refractivity contribution < 1.29 is 8.78 Å². The molecule has 100 valence electrons. The van der Waals surface area contributed by atoms with Gasteiger partial charge < -0.3 is 5.32 Å². The van der Waals surface area contributed by atoms with E-state index in [2.05, 4.69) is 26.1 Å². The zero-order valence-electron chi connectivity index (χ0n) is 11.3. The van der Waals surface area contributed by atoms with Gasteiger partial charge in [0.2, 0.25) is 0 Å². The molecular weight excluding hydrogens is 232 g/mol. The third kappa shape index (κ3) is 2.41. The van der Waals surface area contributed by atoms with Crippen LogP contribution in [0.3, 0.4) is 0 Å². The third-order valence-corrected chi connectivity index (χ3v) is 4.19. The smallest absolute Gasteiger partial charge is 0.129 e. The van der Waals surface area contributed by atoms with Crippen LogP contribution in [0.5, 0.6) is 0 Å². The van der Waals surface area contributed by atoms with Crippen molar-refractivity contribution in [3.63, 3.8) is 0 Å². The summed E-state index contributed by atoms with van der Waals surface area (Å²) in [7, 11) is 0. The first-order valence-corrected chi connectivity index (χ1v) is 6.53. The van der Waals surface area contributed by atoms with Crippen molar-refractivity contribution in [1.29, 1.82) is 0 Å². The maximum Gasteiger partial charge on any atom is 0.129 e. The summed E-state index contributed by atoms with van der Waals surface area (Å²) in [5, 5.41) is 3.54. The average Bonchev–Trinajstić information content (AvgIpc) is 2.71. The molecular formula is C15H21F2N. The Kier molecular flexibility index (Phi) is 3.45. The minimum Gasteiger partial charge on any atom is -0.310 e. The Bertz CT molecular complexity index is 429. The van der Waals surface area contributed by atoms with Gasteiger partial charge in [-0.05, 0) is 42.9 Å². The molecule has 1 heterocycles. The fraction of sp³-hybridized carbons (Fsp3) is 0.600. The maximum absolute atomic E-state index is 13.8. The molecule has 1 fully saturated rings. The van der Waals surface area contributed by atoms with Gasteiger partial charge in [0, 0.05) is 11.6 Å². The van der Waals surface area contributed by atoms with Crippen molar-refractivity contribution in [2.75, 3.05) is 6.54 Å². The van der Waals surface area contributed by atoms with Crippen LogP contribution in [0.4, 0.5) is 8.78 Å². The Balaban J connectivity index is 2.30. The molecule has 0 radical (unpaired) electrons. The average molecular weight is 253 g/mol. The van der Waals surface area contributed by atoms with Gasteiger partial charge in [-0.25, -0.2) is 8.78 Å². The van der Waals surface area contributed by atoms with Crippen LogP contribution in [0.2, 0.25) is 0 Å². The molecule has 2 rings (SSSR count). The number of hydrogen-bond acceptors (Lipinski definition) is 1. The van der Waals surface area contributed by atoms with E-state index in [0.717, 1.165) is 25.5 Å². The standard InChI is InChI=1S/C15H21F2N/c1-14(2,3)15(7-4-8-18-15)10-11-5-6-12(16)9-13(11)17/h5-6,9,18H,4,7-8,10H2,1-3H3. The van der Waals surface area contributed by atoms with Crippen LogP contribution in [-0.2, 0) is 6.42 Å². The molecule has 0 bridgehead atoms. The lowest BCUT2D eigenvalue weighted by Gasteiger charge is -2.42. The quantitative estimate of drug-likeness (QED) is 0.848. The van der Waals surface area contributed by atoms with Gasteiger partial charge in [0.05, 0.1) is 0 Å². The Hall–Kier alpha value is -0.960. The zero-order chi connectivity index (χ0) is 13.4. The Morgan fingerprint density at radius 3 is 2.50 bits per heavy atom. The number of hydrogen-bond donors (Lipinski definition) is 1. The first-order valence-electron chi connectivity index (χ1n) is 6.53. The van der Waals surface area contributed by atoms with E-state index in [1.165, 1.54) is 6.07 Å². The molecule has 1 atom stereocenters. The van der Waals surface area contributed by atoms with Crippen molar-refractivity contribution in [1.82, 2.24) is 5.32 Å². The molecule has 1 saturated heterocycles. The molecule has 18 heavy (non-hydrogen) atoms. The van der Waals surface area contributed by atoms with Gasteiger partial charge >= 0.3 is 0 Å². The van der Waals surface area contributed by atoms with E-state index in [4.69, 9.17) is 0 Å². The molecule has 1 aliphatic heterocycles. The fourth-order valence-corrected chi connectivity index (χ4v) is 2.85. The van der Waals surface area contributed by atoms with Gasteiger partial charge in [0.25, 0.3) is 0 Å². The molecule has 1 unspecified atom stereocenters. The lowest BCUT2D eigenvalue weighted by atomic mass is 9.69. The number of nitrogens with one attached hydrogen (secondary N) is 1. The van der Waals surface area contributed by atoms with Gasteiger partial charge in [0.1, 0.15) is 11.6 Å². The van der Waals surface area contributed by atoms with Gasteiger partial charge in [-0.2, -0.15) is 0 Å². The van der Waals surface area contributed by atoms with E-state index >= 15 is 0 Å². The number of halogens is 2. The van der Waals surface area contributed by atoms with E-state index in [0.29, 0.717) is 12.0 Å². The van der Waals surface area contributed by atoms with Crippen molar-refractivity contribution in [2.24, 2.45) is 5.41 Å². The van der Waals surface area contributed by atoms with Gasteiger partial charge in [0.15, 0.2) is 0 Å². The predicted molar refractivity (Wildman–Crippen MR) is 69.5 cm³/mol. The monoisotopic (exact) mass is 253 g/mol. The van der Waals surface area contributed by atoms with Crippen molar-refractivity contribution in [2.45, 2.75) is 45.6 Å². The minimum atomic E-state index is -0.513. The highest BCUT2D eigenvalue weighted by molar-refractivity contribution is 5.23. The topological polar surface area (TPSA) is 12.0 Å². The molecule has 1 aromatic rings. The molecule has 3 heteroatoms. The summed E-state index contributed by atoms with van der Waals surface area (Å²) in [6.07, 6.45) is 2.76. The van der Waals surface area contributed by atoms with Crippen LogP contribution in [-0.4, -0.2) is 12.1 Å². The highest BCUT2D eigenvalue weighted by Gasteiger charge is 2.44. The molecule has 0 aromatic heterocycles. The SMILES string of the molecule is CC(C)(C)C1(Cc2ccc(F)cc2F)CCCN1. The normalized spacial score (nSPS) is 24.5. The number of rotatable bonds is 2. The first kappa shape index (κ1) is 13.5. The van der Waals surface area contributed by atoms with Crippen molar-refractivity contribution in [3.05, 3.63) is 35.4 Å². The highest BCUT2D eigenvalue weighted by atomic mass is 19.1. The molecule has 1 N–H and O–H groups in total. The van der Waals surface area contributed by atoms with Crippen LogP contribution in [0, 0.1) is 17.0 Å². The molecule has 1 nitrogen and oxygen atoms in total. The molecule has 0 amide bonds. The zero-order valence-corrected chi connectivity index (χ0v) is 11.3. The van der Waals surface area contributed by atoms with E-state index in [1.807, 2.05) is 0 Å². The van der Waals surface area contributed by atoms with Gasteiger partial charge in [-0.3, -0.25) is 0 Å². The first-order chi connectivity index (χ1) is 8.34. The predicted octanol–water partition coefficient (Wildman–Crippen LogP) is 3.68. The summed E-state index contributed by atoms with van der Waals surface area (Å²) in [5.74, 6) is -0.951. The Morgan fingerprint density at radius 2 is 2.00 bits per heavy atom. The van der Waals surface area contributed by atoms with Crippen LogP contribution in [0.1, 0.15) is 39.2 Å². The molecule has 0 aliphatic carbocycles. The summed E-state index contributed by atoms with van der Waals surface area (Å²) in [6, 6.07) is 3.88. The molecule has 0 saturated carbocycles. The second-order valence-electron chi connectivity index (χ2n) is 6.27. The largest absolute Gasteiger partial charge is 0.310 e. The summed E-state index contributed by atoms with van der Waals surface area (Å²) < 4.78 is 26.7. The molecule has 1 aliphatic rings. The lowest BCUT2D eigenvalue weighted by molar-refractivity contribution is 0.158. The lowest BCUT2D eigenvalue weighted by Crippen LogP contribution is -2.52. The van der Waals surface area contributed by atoms with Gasteiger partial charge in [-0.1, -0.05) is 26.8 Å². The fourth-order valence-electron chi connectivity index (χ4n) is 2.85. The maximum atomic E-state index is 13.8. The summed E-state index contributed by atoms with van der Waals surface area (Å²) >= 11 is 0. The minimum absolute atomic E-state index is 0.0460. The highest BCUT2D eigenvalue weighted by Crippen LogP contribution is 2.40. The summed E-state index contributed by atoms with van der Waals surface area (Å²) in [5.41, 5.74) is 0.552. The number of benzene rings is 1. The van der Waals surface area contributed by atoms with Gasteiger partial charge in [-0.15, -0.1) is 0 Å². The van der Waals surface area contributed by atoms with E-state index in [1.54, 1.807) is 6.07 Å². The van der Waals surface area contributed by atoms with Crippen LogP contribution in [0.15, 0.2) is 18.2 Å². The van der Waals surface area contributed by atoms with Crippen molar-refractivity contribution in [3.8, 4) is 0 Å².